The number of pyridine rings is 2. The molecule has 0 atom stereocenters. The fourth-order valence-corrected chi connectivity index (χ4v) is 3.37. The molecule has 0 spiro atoms. The average molecular weight is 385 g/mol. The molecule has 0 fully saturated rings. The van der Waals surface area contributed by atoms with Gasteiger partial charge in [-0.2, -0.15) is 5.10 Å². The molecular formula is C23H23N5O. The Labute approximate surface area is 169 Å². The molecule has 0 unspecified atom stereocenters. The van der Waals surface area contributed by atoms with Crippen LogP contribution in [0.4, 0.5) is 0 Å². The Morgan fingerprint density at radius 3 is 2.76 bits per heavy atom. The number of nitrogens with zero attached hydrogens (tertiary/aromatic N) is 5. The fourth-order valence-electron chi connectivity index (χ4n) is 3.37. The first-order valence-electron chi connectivity index (χ1n) is 9.63. The number of aromatic nitrogens is 4. The quantitative estimate of drug-likeness (QED) is 0.519. The van der Waals surface area contributed by atoms with Crippen molar-refractivity contribution < 1.29 is 4.79 Å². The second-order valence-electron chi connectivity index (χ2n) is 7.18. The molecular weight excluding hydrogens is 362 g/mol. The van der Waals surface area contributed by atoms with Gasteiger partial charge in [0.2, 0.25) is 0 Å². The van der Waals surface area contributed by atoms with Gasteiger partial charge in [0.05, 0.1) is 23.0 Å². The van der Waals surface area contributed by atoms with Gasteiger partial charge in [0.25, 0.3) is 5.91 Å². The molecule has 0 saturated carbocycles. The Morgan fingerprint density at radius 1 is 1.17 bits per heavy atom. The van der Waals surface area contributed by atoms with E-state index in [9.17, 15) is 4.79 Å². The Hall–Kier alpha value is -3.54. The highest BCUT2D eigenvalue weighted by Gasteiger charge is 2.18. The molecule has 4 rings (SSSR count). The van der Waals surface area contributed by atoms with Gasteiger partial charge in [0, 0.05) is 49.7 Å². The highest BCUT2D eigenvalue weighted by Crippen LogP contribution is 2.26. The third-order valence-corrected chi connectivity index (χ3v) is 4.94. The van der Waals surface area contributed by atoms with Crippen LogP contribution in [0.3, 0.4) is 0 Å². The predicted molar refractivity (Wildman–Crippen MR) is 113 cm³/mol. The van der Waals surface area contributed by atoms with Gasteiger partial charge in [-0.15, -0.1) is 0 Å². The zero-order chi connectivity index (χ0) is 20.4. The number of hydrogen-bond acceptors (Lipinski definition) is 4. The minimum atomic E-state index is -0.0470. The smallest absolute Gasteiger partial charge is 0.254 e. The van der Waals surface area contributed by atoms with Crippen molar-refractivity contribution in [1.82, 2.24) is 24.6 Å². The highest BCUT2D eigenvalue weighted by atomic mass is 16.2. The summed E-state index contributed by atoms with van der Waals surface area (Å²) in [6.45, 7) is 5.34. The third kappa shape index (κ3) is 3.87. The Bertz CT molecular complexity index is 1170. The van der Waals surface area contributed by atoms with Crippen LogP contribution in [0.5, 0.6) is 0 Å². The molecule has 0 saturated heterocycles. The number of amides is 1. The summed E-state index contributed by atoms with van der Waals surface area (Å²) in [6.07, 6.45) is 7.26. The van der Waals surface area contributed by atoms with Crippen molar-refractivity contribution in [2.75, 3.05) is 7.05 Å². The normalized spacial score (nSPS) is 11.0. The monoisotopic (exact) mass is 385 g/mol. The number of hydrogen-bond donors (Lipinski definition) is 0. The molecule has 3 heterocycles. The predicted octanol–water partition coefficient (Wildman–Crippen LogP) is 4.09. The van der Waals surface area contributed by atoms with Crippen molar-refractivity contribution in [2.24, 2.45) is 0 Å². The number of rotatable bonds is 5. The molecule has 146 valence electrons. The lowest BCUT2D eigenvalue weighted by Crippen LogP contribution is -2.26. The molecule has 6 heteroatoms. The molecule has 29 heavy (non-hydrogen) atoms. The second kappa shape index (κ2) is 7.83. The molecule has 6 nitrogen and oxygen atoms in total. The molecule has 3 aromatic heterocycles. The van der Waals surface area contributed by atoms with Crippen LogP contribution in [-0.4, -0.2) is 37.6 Å². The molecule has 0 N–H and O–H groups in total. The third-order valence-electron chi connectivity index (χ3n) is 4.94. The van der Waals surface area contributed by atoms with Gasteiger partial charge in [-0.3, -0.25) is 14.5 Å². The topological polar surface area (TPSA) is 63.9 Å². The van der Waals surface area contributed by atoms with Crippen molar-refractivity contribution in [3.05, 3.63) is 77.9 Å². The minimum Gasteiger partial charge on any atom is -0.337 e. The molecule has 0 bridgehead atoms. The summed E-state index contributed by atoms with van der Waals surface area (Å²) in [5.74, 6) is -0.0470. The van der Waals surface area contributed by atoms with Crippen molar-refractivity contribution >= 4 is 16.8 Å². The lowest BCUT2D eigenvalue weighted by molar-refractivity contribution is 0.0787. The van der Waals surface area contributed by atoms with Crippen molar-refractivity contribution in [1.29, 1.82) is 0 Å². The average Bonchev–Trinajstić information content (AvgIpc) is 3.22. The summed E-state index contributed by atoms with van der Waals surface area (Å²) in [7, 11) is 1.81. The van der Waals surface area contributed by atoms with Crippen LogP contribution in [0, 0.1) is 6.92 Å². The van der Waals surface area contributed by atoms with Crippen LogP contribution in [0.15, 0.2) is 61.2 Å². The Morgan fingerprint density at radius 2 is 2.03 bits per heavy atom. The van der Waals surface area contributed by atoms with E-state index in [0.29, 0.717) is 12.1 Å². The van der Waals surface area contributed by atoms with Crippen molar-refractivity contribution in [3.8, 4) is 11.3 Å². The first-order chi connectivity index (χ1) is 14.0. The van der Waals surface area contributed by atoms with E-state index in [0.717, 1.165) is 39.8 Å². The summed E-state index contributed by atoms with van der Waals surface area (Å²) < 4.78 is 1.85. The highest BCUT2D eigenvalue weighted by molar-refractivity contribution is 6.07. The maximum atomic E-state index is 13.3. The van der Waals surface area contributed by atoms with Gasteiger partial charge < -0.3 is 4.90 Å². The van der Waals surface area contributed by atoms with E-state index in [2.05, 4.69) is 10.1 Å². The van der Waals surface area contributed by atoms with E-state index < -0.39 is 0 Å². The number of benzene rings is 1. The van der Waals surface area contributed by atoms with Gasteiger partial charge in [-0.1, -0.05) is 18.2 Å². The van der Waals surface area contributed by atoms with Crippen molar-refractivity contribution in [3.63, 3.8) is 0 Å². The molecule has 0 aliphatic rings. The van der Waals surface area contributed by atoms with Crippen LogP contribution in [0.25, 0.3) is 22.2 Å². The van der Waals surface area contributed by atoms with Gasteiger partial charge >= 0.3 is 0 Å². The summed E-state index contributed by atoms with van der Waals surface area (Å²) in [5, 5.41) is 5.20. The number of carbonyl (C=O) groups excluding carboxylic acids is 1. The lowest BCUT2D eigenvalue weighted by atomic mass is 10.0. The van der Waals surface area contributed by atoms with Crippen LogP contribution < -0.4 is 0 Å². The summed E-state index contributed by atoms with van der Waals surface area (Å²) in [6, 6.07) is 11.7. The number of aryl methyl sites for hydroxylation is 2. The number of fused-ring (bicyclic) bond motifs is 1. The Kier molecular flexibility index (Phi) is 5.08. The fraction of sp³-hybridized carbons (Fsp3) is 0.217. The summed E-state index contributed by atoms with van der Waals surface area (Å²) in [4.78, 5) is 24.0. The first-order valence-corrected chi connectivity index (χ1v) is 9.63. The molecule has 0 aliphatic heterocycles. The van der Waals surface area contributed by atoms with Gasteiger partial charge in [-0.25, -0.2) is 4.98 Å². The largest absolute Gasteiger partial charge is 0.337 e. The van der Waals surface area contributed by atoms with E-state index in [1.54, 1.807) is 23.5 Å². The minimum absolute atomic E-state index is 0.0470. The standard InChI is InChI=1S/C23H23N5O/c1-4-28-15-18(13-25-28)21-11-20(19-8-7-16(2)10-22(19)26-21)23(29)27(3)14-17-6-5-9-24-12-17/h5-13,15H,4,14H2,1-3H3. The van der Waals surface area contributed by atoms with Crippen LogP contribution in [0.2, 0.25) is 0 Å². The zero-order valence-electron chi connectivity index (χ0n) is 16.8. The molecule has 1 aromatic carbocycles. The van der Waals surface area contributed by atoms with E-state index >= 15 is 0 Å². The van der Waals surface area contributed by atoms with Crippen LogP contribution in [-0.2, 0) is 13.1 Å². The second-order valence-corrected chi connectivity index (χ2v) is 7.18. The van der Waals surface area contributed by atoms with E-state index in [-0.39, 0.29) is 5.91 Å². The first kappa shape index (κ1) is 18.8. The van der Waals surface area contributed by atoms with Gasteiger partial charge in [-0.05, 0) is 43.2 Å². The van der Waals surface area contributed by atoms with Crippen molar-refractivity contribution in [2.45, 2.75) is 26.9 Å². The van der Waals surface area contributed by atoms with E-state index in [1.807, 2.05) is 68.2 Å². The molecule has 1 amide bonds. The van der Waals surface area contributed by atoms with Crippen LogP contribution in [0.1, 0.15) is 28.4 Å². The van der Waals surface area contributed by atoms with Gasteiger partial charge in [0.15, 0.2) is 0 Å². The van der Waals surface area contributed by atoms with Gasteiger partial charge in [0.1, 0.15) is 0 Å². The van der Waals surface area contributed by atoms with E-state index in [4.69, 9.17) is 4.98 Å². The summed E-state index contributed by atoms with van der Waals surface area (Å²) in [5.41, 5.74) is 5.20. The maximum absolute atomic E-state index is 13.3. The molecule has 4 aromatic rings. The Balaban J connectivity index is 1.78. The summed E-state index contributed by atoms with van der Waals surface area (Å²) >= 11 is 0. The SMILES string of the molecule is CCn1cc(-c2cc(C(=O)N(C)Cc3cccnc3)c3ccc(C)cc3n2)cn1. The molecule has 0 radical (unpaired) electrons. The van der Waals surface area contributed by atoms with E-state index in [1.165, 1.54) is 0 Å². The van der Waals surface area contributed by atoms with Crippen LogP contribution >= 0.6 is 0 Å². The zero-order valence-corrected chi connectivity index (χ0v) is 16.8. The molecule has 0 aliphatic carbocycles. The lowest BCUT2D eigenvalue weighted by Gasteiger charge is -2.19. The number of carbonyl (C=O) groups is 1. The maximum Gasteiger partial charge on any atom is 0.254 e.